The number of hydrogen-bond donors (Lipinski definition) is 1. The molecule has 1 N–H and O–H groups in total. The average Bonchev–Trinajstić information content (AvgIpc) is 2.81. The van der Waals surface area contributed by atoms with Crippen LogP contribution in [0.1, 0.15) is 92.7 Å². The Labute approximate surface area is 263 Å². The fraction of sp³-hybridized carbons (Fsp3) is 0.611. The molecule has 1 aromatic rings. The zero-order chi connectivity index (χ0) is 33.1. The molecule has 0 aromatic heterocycles. The molecule has 0 saturated carbocycles. The number of aryl methyl sites for hydroxylation is 1. The molecule has 7 heteroatoms. The minimum atomic E-state index is -2.31. The third-order valence-corrected chi connectivity index (χ3v) is 19.0. The third-order valence-electron chi connectivity index (χ3n) is 10.3. The summed E-state index contributed by atoms with van der Waals surface area (Å²) in [5.41, 5.74) is 1.01. The van der Waals surface area contributed by atoms with Gasteiger partial charge in [0.05, 0.1) is 11.0 Å². The first kappa shape index (κ1) is 35.3. The van der Waals surface area contributed by atoms with Crippen LogP contribution in [-0.2, 0) is 9.59 Å². The summed E-state index contributed by atoms with van der Waals surface area (Å²) in [5, 5.41) is 10.7. The van der Waals surface area contributed by atoms with Gasteiger partial charge in [-0.2, -0.15) is 0 Å². The highest BCUT2D eigenvalue weighted by Gasteiger charge is 2.56. The first-order chi connectivity index (χ1) is 19.2. The molecule has 0 aliphatic heterocycles. The highest BCUT2D eigenvalue weighted by molar-refractivity contribution is 6.75. The predicted octanol–water partition coefficient (Wildman–Crippen LogP) is 9.22. The molecule has 3 atom stereocenters. The van der Waals surface area contributed by atoms with Crippen LogP contribution in [0.25, 0.3) is 0 Å². The molecular formula is C36H56O5Si2. The Balaban J connectivity index is 2.44. The van der Waals surface area contributed by atoms with Gasteiger partial charge in [-0.1, -0.05) is 65.3 Å². The lowest BCUT2D eigenvalue weighted by molar-refractivity contribution is -0.135. The quantitative estimate of drug-likeness (QED) is 0.242. The lowest BCUT2D eigenvalue weighted by atomic mass is 9.53. The molecule has 0 radical (unpaired) electrons. The second kappa shape index (κ2) is 11.3. The summed E-state index contributed by atoms with van der Waals surface area (Å²) >= 11 is 0. The number of carbonyl (C=O) groups is 2. The monoisotopic (exact) mass is 624 g/mol. The number of ketones is 2. The van der Waals surface area contributed by atoms with E-state index < -0.39 is 39.5 Å². The molecule has 0 fully saturated rings. The van der Waals surface area contributed by atoms with Gasteiger partial charge in [-0.05, 0) is 107 Å². The Morgan fingerprint density at radius 2 is 1.37 bits per heavy atom. The molecule has 2 aliphatic carbocycles. The van der Waals surface area contributed by atoms with Crippen molar-refractivity contribution in [2.45, 2.75) is 130 Å². The van der Waals surface area contributed by atoms with Crippen LogP contribution in [0.5, 0.6) is 11.5 Å². The summed E-state index contributed by atoms with van der Waals surface area (Å²) in [7, 11) is -4.52. The van der Waals surface area contributed by atoms with Gasteiger partial charge in [-0.25, -0.2) is 0 Å². The Hall–Kier alpha value is -2.23. The van der Waals surface area contributed by atoms with Gasteiger partial charge in [-0.15, -0.1) is 0 Å². The van der Waals surface area contributed by atoms with E-state index in [0.29, 0.717) is 12.0 Å². The van der Waals surface area contributed by atoms with E-state index >= 15 is 0 Å². The number of carbonyl (C=O) groups excluding carboxylic acids is 2. The van der Waals surface area contributed by atoms with Crippen LogP contribution in [-0.4, -0.2) is 38.9 Å². The zero-order valence-corrected chi connectivity index (χ0v) is 31.4. The molecular weight excluding hydrogens is 569 g/mol. The summed E-state index contributed by atoms with van der Waals surface area (Å²) in [6, 6.07) is 4.16. The van der Waals surface area contributed by atoms with Gasteiger partial charge >= 0.3 is 0 Å². The normalized spacial score (nSPS) is 24.1. The summed E-state index contributed by atoms with van der Waals surface area (Å²) < 4.78 is 14.0. The van der Waals surface area contributed by atoms with Gasteiger partial charge in [0.2, 0.25) is 16.6 Å². The molecule has 2 aliphatic rings. The van der Waals surface area contributed by atoms with Crippen LogP contribution in [0.4, 0.5) is 0 Å². The topological polar surface area (TPSA) is 72.8 Å². The molecule has 0 saturated heterocycles. The van der Waals surface area contributed by atoms with Crippen molar-refractivity contribution in [3.8, 4) is 11.5 Å². The Morgan fingerprint density at radius 1 is 0.860 bits per heavy atom. The van der Waals surface area contributed by atoms with Gasteiger partial charge in [0.25, 0.3) is 0 Å². The molecule has 5 nitrogen and oxygen atoms in total. The van der Waals surface area contributed by atoms with Crippen LogP contribution in [0, 0.1) is 18.3 Å². The number of Topliss-reactive ketones (excluding diaryl/α,β-unsaturated/α-hetero) is 1. The number of benzene rings is 1. The average molecular weight is 625 g/mol. The summed E-state index contributed by atoms with van der Waals surface area (Å²) in [4.78, 5) is 28.2. The Bertz CT molecular complexity index is 1380. The highest BCUT2D eigenvalue weighted by atomic mass is 28.4. The molecule has 0 amide bonds. The molecule has 0 bridgehead atoms. The Kier molecular flexibility index (Phi) is 9.26. The van der Waals surface area contributed by atoms with Gasteiger partial charge in [0, 0.05) is 17.4 Å². The minimum absolute atomic E-state index is 0.00686. The lowest BCUT2D eigenvalue weighted by Gasteiger charge is -2.48. The summed E-state index contributed by atoms with van der Waals surface area (Å²) in [6.07, 6.45) is 7.63. The van der Waals surface area contributed by atoms with E-state index in [-0.39, 0.29) is 21.6 Å². The largest absolute Gasteiger partial charge is 0.543 e. The zero-order valence-electron chi connectivity index (χ0n) is 29.4. The van der Waals surface area contributed by atoms with Gasteiger partial charge in [0.15, 0.2) is 11.6 Å². The standard InChI is InChI=1S/C36H56O5Si2/c1-23-18-27(36(17-16-35(10,11)39)28(19-23)32(38)25(3)21-31(36)37)26-22-29(40-42(12,13)33(4,5)6)24(2)20-30(26)41-43(14,15)34(7,8)9/h16-18,20-22,27-28,39H,19H2,1-15H3/b17-16+/t27-,28-,36-/m0/s1. The second-order valence-electron chi connectivity index (χ2n) is 16.6. The van der Waals surface area contributed by atoms with Gasteiger partial charge in [-0.3, -0.25) is 9.59 Å². The van der Waals surface area contributed by atoms with E-state index in [0.717, 1.165) is 28.2 Å². The number of aliphatic hydroxyl groups is 1. The molecule has 3 rings (SSSR count). The minimum Gasteiger partial charge on any atom is -0.543 e. The number of allylic oxidation sites excluding steroid dienone is 5. The van der Waals surface area contributed by atoms with Crippen LogP contribution in [0.2, 0.25) is 36.3 Å². The summed E-state index contributed by atoms with van der Waals surface area (Å²) in [5.74, 6) is 0.325. The third kappa shape index (κ3) is 6.89. The molecule has 43 heavy (non-hydrogen) atoms. The highest BCUT2D eigenvalue weighted by Crippen LogP contribution is 2.57. The van der Waals surface area contributed by atoms with Crippen molar-refractivity contribution in [3.63, 3.8) is 0 Å². The van der Waals surface area contributed by atoms with Crippen molar-refractivity contribution >= 4 is 28.2 Å². The molecule has 0 unspecified atom stereocenters. The van der Waals surface area contributed by atoms with Gasteiger partial charge < -0.3 is 14.0 Å². The van der Waals surface area contributed by atoms with E-state index in [2.05, 4.69) is 92.9 Å². The maximum absolute atomic E-state index is 14.3. The predicted molar refractivity (Wildman–Crippen MR) is 183 cm³/mol. The van der Waals surface area contributed by atoms with Crippen LogP contribution < -0.4 is 8.85 Å². The molecule has 238 valence electrons. The van der Waals surface area contributed by atoms with Crippen LogP contribution in [0.15, 0.2) is 47.6 Å². The van der Waals surface area contributed by atoms with Crippen molar-refractivity contribution < 1.29 is 23.5 Å². The first-order valence-corrected chi connectivity index (χ1v) is 21.4. The molecule has 1 aromatic carbocycles. The number of rotatable bonds is 7. The van der Waals surface area contributed by atoms with E-state index in [9.17, 15) is 14.7 Å². The van der Waals surface area contributed by atoms with Crippen molar-refractivity contribution in [2.75, 3.05) is 0 Å². The van der Waals surface area contributed by atoms with E-state index in [4.69, 9.17) is 8.85 Å². The van der Waals surface area contributed by atoms with E-state index in [1.807, 2.05) is 13.0 Å². The Morgan fingerprint density at radius 3 is 1.86 bits per heavy atom. The first-order valence-electron chi connectivity index (χ1n) is 15.6. The smallest absolute Gasteiger partial charge is 0.250 e. The number of fused-ring (bicyclic) bond motifs is 1. The molecule has 0 heterocycles. The van der Waals surface area contributed by atoms with Crippen molar-refractivity contribution in [2.24, 2.45) is 11.3 Å². The number of hydrogen-bond acceptors (Lipinski definition) is 5. The fourth-order valence-corrected chi connectivity index (χ4v) is 7.57. The maximum Gasteiger partial charge on any atom is 0.250 e. The molecule has 0 spiro atoms. The second-order valence-corrected chi connectivity index (χ2v) is 26.1. The van der Waals surface area contributed by atoms with Crippen molar-refractivity contribution in [3.05, 3.63) is 58.7 Å². The van der Waals surface area contributed by atoms with Gasteiger partial charge in [0.1, 0.15) is 11.5 Å². The van der Waals surface area contributed by atoms with E-state index in [1.54, 1.807) is 26.8 Å². The summed E-state index contributed by atoms with van der Waals surface area (Å²) in [6.45, 7) is 31.4. The van der Waals surface area contributed by atoms with Crippen molar-refractivity contribution in [1.29, 1.82) is 0 Å². The fourth-order valence-electron chi connectivity index (χ4n) is 5.47. The van der Waals surface area contributed by atoms with Crippen LogP contribution >= 0.6 is 0 Å². The lowest BCUT2D eigenvalue weighted by Crippen LogP contribution is -2.50. The maximum atomic E-state index is 14.3. The van der Waals surface area contributed by atoms with Crippen LogP contribution in [0.3, 0.4) is 0 Å². The van der Waals surface area contributed by atoms with Crippen molar-refractivity contribution in [1.82, 2.24) is 0 Å². The van der Waals surface area contributed by atoms with E-state index in [1.165, 1.54) is 6.08 Å². The SMILES string of the molecule is CC1=C[C@@H](c2cc(O[Si](C)(C)C(C)(C)C)c(C)cc2O[Si](C)(C)C(C)(C)C)[C@]2(/C=C/C(C)(C)O)C(=O)C=C(C)C(=O)[C@@H]2C1.